The van der Waals surface area contributed by atoms with Gasteiger partial charge in [-0.3, -0.25) is 4.79 Å². The Balaban J connectivity index is 2.35. The molecule has 0 aliphatic heterocycles. The van der Waals surface area contributed by atoms with Crippen LogP contribution in [0.25, 0.3) is 0 Å². The molecule has 0 spiro atoms. The number of methoxy groups -OCH3 is 1. The highest BCUT2D eigenvalue weighted by Crippen LogP contribution is 2.32. The van der Waals surface area contributed by atoms with Crippen molar-refractivity contribution >= 4 is 65.0 Å². The monoisotopic (exact) mass is 447 g/mol. The lowest BCUT2D eigenvalue weighted by Crippen LogP contribution is -2.26. The van der Waals surface area contributed by atoms with Gasteiger partial charge in [-0.25, -0.2) is 0 Å². The van der Waals surface area contributed by atoms with Crippen LogP contribution in [-0.4, -0.2) is 31.0 Å². The molecule has 0 saturated heterocycles. The van der Waals surface area contributed by atoms with Crippen molar-refractivity contribution in [2.45, 2.75) is 11.2 Å². The second-order valence-corrected chi connectivity index (χ2v) is 7.85. The van der Waals surface area contributed by atoms with Gasteiger partial charge in [-0.15, -0.1) is 11.3 Å². The standard InChI is InChI=1S/C10H12Br3NO2S/c1-16-5-6(11)2-3-14-10(15)8-4-7(12)9(13)17-8/h4,6H,2-3,5H2,1H3,(H,14,15). The average Bonchev–Trinajstić information content (AvgIpc) is 2.59. The third kappa shape index (κ3) is 5.38. The van der Waals surface area contributed by atoms with Crippen molar-refractivity contribution in [3.8, 4) is 0 Å². The lowest BCUT2D eigenvalue weighted by molar-refractivity contribution is 0.0956. The van der Waals surface area contributed by atoms with E-state index in [-0.39, 0.29) is 10.7 Å². The van der Waals surface area contributed by atoms with Gasteiger partial charge in [-0.1, -0.05) is 15.9 Å². The summed E-state index contributed by atoms with van der Waals surface area (Å²) in [4.78, 5) is 12.7. The zero-order valence-corrected chi connectivity index (χ0v) is 14.7. The van der Waals surface area contributed by atoms with E-state index in [9.17, 15) is 4.79 Å². The van der Waals surface area contributed by atoms with Crippen LogP contribution < -0.4 is 5.32 Å². The molecule has 1 aromatic rings. The topological polar surface area (TPSA) is 38.3 Å². The van der Waals surface area contributed by atoms with Crippen molar-refractivity contribution < 1.29 is 9.53 Å². The maximum absolute atomic E-state index is 11.8. The second kappa shape index (κ2) is 7.89. The Morgan fingerprint density at radius 1 is 1.59 bits per heavy atom. The van der Waals surface area contributed by atoms with Crippen LogP contribution in [-0.2, 0) is 4.74 Å². The van der Waals surface area contributed by atoms with Crippen LogP contribution in [0, 0.1) is 0 Å². The Hall–Kier alpha value is 0.570. The average molecular weight is 450 g/mol. The van der Waals surface area contributed by atoms with Crippen molar-refractivity contribution in [1.29, 1.82) is 0 Å². The quantitative estimate of drug-likeness (QED) is 0.671. The number of amides is 1. The summed E-state index contributed by atoms with van der Waals surface area (Å²) in [7, 11) is 1.66. The van der Waals surface area contributed by atoms with E-state index >= 15 is 0 Å². The minimum atomic E-state index is -0.0430. The van der Waals surface area contributed by atoms with E-state index in [1.54, 1.807) is 7.11 Å². The summed E-state index contributed by atoms with van der Waals surface area (Å²) in [5.41, 5.74) is 0. The molecule has 1 unspecified atom stereocenters. The molecule has 1 heterocycles. The van der Waals surface area contributed by atoms with E-state index in [0.29, 0.717) is 18.0 Å². The maximum Gasteiger partial charge on any atom is 0.261 e. The van der Waals surface area contributed by atoms with Crippen LogP contribution >= 0.6 is 59.1 Å². The van der Waals surface area contributed by atoms with Gasteiger partial charge in [0.05, 0.1) is 15.3 Å². The van der Waals surface area contributed by atoms with Gasteiger partial charge in [-0.2, -0.15) is 0 Å². The van der Waals surface area contributed by atoms with Gasteiger partial charge in [0.15, 0.2) is 0 Å². The summed E-state index contributed by atoms with van der Waals surface area (Å²) >= 11 is 11.6. The molecule has 7 heteroatoms. The van der Waals surface area contributed by atoms with Crippen molar-refractivity contribution in [1.82, 2.24) is 5.32 Å². The van der Waals surface area contributed by atoms with Crippen LogP contribution in [0.1, 0.15) is 16.1 Å². The molecule has 0 radical (unpaired) electrons. The van der Waals surface area contributed by atoms with Crippen LogP contribution in [0.15, 0.2) is 14.3 Å². The summed E-state index contributed by atoms with van der Waals surface area (Å²) < 4.78 is 6.83. The zero-order valence-electron chi connectivity index (χ0n) is 9.13. The minimum Gasteiger partial charge on any atom is -0.384 e. The fraction of sp³-hybridized carbons (Fsp3) is 0.500. The van der Waals surface area contributed by atoms with Gasteiger partial charge in [0.25, 0.3) is 5.91 Å². The van der Waals surface area contributed by atoms with Gasteiger partial charge < -0.3 is 10.1 Å². The Labute approximate surface area is 130 Å². The number of nitrogens with one attached hydrogen (secondary N) is 1. The number of hydrogen-bond acceptors (Lipinski definition) is 3. The predicted octanol–water partition coefficient (Wildman–Crippen LogP) is 3.80. The molecule has 1 aromatic heterocycles. The maximum atomic E-state index is 11.8. The molecule has 96 valence electrons. The predicted molar refractivity (Wildman–Crippen MR) is 81.3 cm³/mol. The molecule has 0 fully saturated rings. The number of hydrogen-bond donors (Lipinski definition) is 1. The third-order valence-electron chi connectivity index (χ3n) is 1.96. The van der Waals surface area contributed by atoms with Crippen molar-refractivity contribution in [3.63, 3.8) is 0 Å². The van der Waals surface area contributed by atoms with Crippen molar-refractivity contribution in [2.24, 2.45) is 0 Å². The Bertz CT molecular complexity index is 364. The molecule has 17 heavy (non-hydrogen) atoms. The van der Waals surface area contributed by atoms with Gasteiger partial charge in [-0.05, 0) is 44.3 Å². The summed E-state index contributed by atoms with van der Waals surface area (Å²) in [6.07, 6.45) is 0.841. The lowest BCUT2D eigenvalue weighted by Gasteiger charge is -2.08. The molecule has 1 rings (SSSR count). The molecular formula is C10H12Br3NO2S. The molecule has 0 bridgehead atoms. The second-order valence-electron chi connectivity index (χ2n) is 3.33. The number of alkyl halides is 1. The minimum absolute atomic E-state index is 0.0430. The van der Waals surface area contributed by atoms with Gasteiger partial charge in [0, 0.05) is 23.0 Å². The SMILES string of the molecule is COCC(Br)CCNC(=O)c1cc(Br)c(Br)s1. The summed E-state index contributed by atoms with van der Waals surface area (Å²) in [6, 6.07) is 1.81. The number of halogens is 3. The molecule has 0 aromatic carbocycles. The number of thiophene rings is 1. The highest BCUT2D eigenvalue weighted by atomic mass is 79.9. The third-order valence-corrected chi connectivity index (χ3v) is 5.94. The molecule has 1 atom stereocenters. The largest absolute Gasteiger partial charge is 0.384 e. The normalized spacial score (nSPS) is 12.5. The summed E-state index contributed by atoms with van der Waals surface area (Å²) in [5, 5.41) is 2.87. The molecule has 0 aliphatic rings. The molecular weight excluding hydrogens is 438 g/mol. The van der Waals surface area contributed by atoms with E-state index in [0.717, 1.165) is 14.7 Å². The molecule has 0 aliphatic carbocycles. The Kier molecular flexibility index (Phi) is 7.25. The van der Waals surface area contributed by atoms with Crippen LogP contribution in [0.2, 0.25) is 0 Å². The Morgan fingerprint density at radius 3 is 2.82 bits per heavy atom. The highest BCUT2D eigenvalue weighted by molar-refractivity contribution is 9.13. The zero-order chi connectivity index (χ0) is 12.8. The molecule has 0 saturated carbocycles. The van der Waals surface area contributed by atoms with E-state index in [1.165, 1.54) is 11.3 Å². The van der Waals surface area contributed by atoms with E-state index in [1.807, 2.05) is 6.07 Å². The van der Waals surface area contributed by atoms with Crippen LogP contribution in [0.5, 0.6) is 0 Å². The van der Waals surface area contributed by atoms with Gasteiger partial charge in [0.1, 0.15) is 0 Å². The summed E-state index contributed by atoms with van der Waals surface area (Å²) in [6.45, 7) is 1.28. The highest BCUT2D eigenvalue weighted by Gasteiger charge is 2.12. The van der Waals surface area contributed by atoms with Crippen LogP contribution in [0.4, 0.5) is 0 Å². The summed E-state index contributed by atoms with van der Waals surface area (Å²) in [5.74, 6) is -0.0430. The molecule has 3 nitrogen and oxygen atoms in total. The fourth-order valence-corrected chi connectivity index (χ4v) is 3.60. The number of rotatable bonds is 6. The van der Waals surface area contributed by atoms with Crippen LogP contribution in [0.3, 0.4) is 0 Å². The smallest absolute Gasteiger partial charge is 0.261 e. The van der Waals surface area contributed by atoms with E-state index in [4.69, 9.17) is 4.74 Å². The first-order valence-corrected chi connectivity index (χ1v) is 8.22. The first kappa shape index (κ1) is 15.6. The van der Waals surface area contributed by atoms with E-state index in [2.05, 4.69) is 53.1 Å². The molecule has 1 amide bonds. The van der Waals surface area contributed by atoms with Crippen molar-refractivity contribution in [2.75, 3.05) is 20.3 Å². The van der Waals surface area contributed by atoms with Crippen molar-refractivity contribution in [3.05, 3.63) is 19.2 Å². The van der Waals surface area contributed by atoms with E-state index < -0.39 is 0 Å². The lowest BCUT2D eigenvalue weighted by atomic mass is 10.3. The molecule has 1 N–H and O–H groups in total. The first-order chi connectivity index (χ1) is 8.04. The number of carbonyl (C=O) groups is 1. The number of carbonyl (C=O) groups excluding carboxylic acids is 1. The first-order valence-electron chi connectivity index (χ1n) is 4.90. The fourth-order valence-electron chi connectivity index (χ4n) is 1.15. The number of ether oxygens (including phenoxy) is 1. The van der Waals surface area contributed by atoms with Gasteiger partial charge >= 0.3 is 0 Å². The van der Waals surface area contributed by atoms with Gasteiger partial charge in [0.2, 0.25) is 0 Å². The Morgan fingerprint density at radius 2 is 2.29 bits per heavy atom.